The number of aryl methyl sites for hydroxylation is 3. The smallest absolute Gasteiger partial charge is 0.0322 e. The number of nitrogens with one attached hydrogen (secondary N) is 1. The molecule has 0 aliphatic heterocycles. The number of allylic oxidation sites excluding steroid dienone is 1. The molecule has 1 aromatic rings. The van der Waals surface area contributed by atoms with E-state index in [0.717, 1.165) is 6.42 Å². The van der Waals surface area contributed by atoms with Gasteiger partial charge in [0.25, 0.3) is 0 Å². The van der Waals surface area contributed by atoms with Crippen LogP contribution in [0.5, 0.6) is 0 Å². The minimum absolute atomic E-state index is 0.490. The van der Waals surface area contributed by atoms with E-state index >= 15 is 0 Å². The molecule has 0 heterocycles. The normalized spacial score (nSPS) is 12.4. The highest BCUT2D eigenvalue weighted by Crippen LogP contribution is 2.27. The van der Waals surface area contributed by atoms with Gasteiger partial charge in [-0.05, 0) is 63.8 Å². The summed E-state index contributed by atoms with van der Waals surface area (Å²) in [5, 5.41) is 3.49. The van der Waals surface area contributed by atoms with Crippen molar-refractivity contribution in [1.82, 2.24) is 5.32 Å². The van der Waals surface area contributed by atoms with E-state index < -0.39 is 0 Å². The molecule has 0 aliphatic rings. The van der Waals surface area contributed by atoms with Crippen LogP contribution in [0.2, 0.25) is 0 Å². The van der Waals surface area contributed by atoms with Crippen LogP contribution in [0.25, 0.3) is 0 Å². The first-order valence-corrected chi connectivity index (χ1v) is 7.46. The van der Waals surface area contributed by atoms with Crippen LogP contribution >= 0.6 is 0 Å². The van der Waals surface area contributed by atoms with Gasteiger partial charge in [0.15, 0.2) is 0 Å². The zero-order chi connectivity index (χ0) is 14.3. The molecule has 1 rings (SSSR count). The monoisotopic (exact) mass is 259 g/mol. The van der Waals surface area contributed by atoms with E-state index in [1.807, 2.05) is 6.08 Å². The Bertz CT molecular complexity index is 383. The predicted molar refractivity (Wildman–Crippen MR) is 85.7 cm³/mol. The summed E-state index contributed by atoms with van der Waals surface area (Å²) in [6.45, 7) is 10.4. The van der Waals surface area contributed by atoms with Gasteiger partial charge in [0, 0.05) is 6.04 Å². The molecule has 0 radical (unpaired) electrons. The summed E-state index contributed by atoms with van der Waals surface area (Å²) >= 11 is 0. The van der Waals surface area contributed by atoms with E-state index in [2.05, 4.69) is 51.8 Å². The molecular weight excluding hydrogens is 230 g/mol. The summed E-state index contributed by atoms with van der Waals surface area (Å²) in [6.07, 6.45) is 8.24. The molecule has 1 unspecified atom stereocenters. The van der Waals surface area contributed by atoms with Gasteiger partial charge in [-0.25, -0.2) is 0 Å². The Balaban J connectivity index is 2.67. The van der Waals surface area contributed by atoms with Crippen molar-refractivity contribution in [3.05, 3.63) is 47.0 Å². The number of unbranched alkanes of at least 4 members (excludes halogenated alkanes) is 3. The van der Waals surface area contributed by atoms with Gasteiger partial charge in [-0.3, -0.25) is 0 Å². The summed E-state index contributed by atoms with van der Waals surface area (Å²) in [4.78, 5) is 0. The molecule has 0 aliphatic carbocycles. The minimum atomic E-state index is 0.490. The first kappa shape index (κ1) is 16.0. The van der Waals surface area contributed by atoms with E-state index in [1.165, 1.54) is 47.9 Å². The van der Waals surface area contributed by atoms with Crippen LogP contribution in [-0.2, 0) is 0 Å². The van der Waals surface area contributed by atoms with Crippen molar-refractivity contribution in [1.29, 1.82) is 0 Å². The topological polar surface area (TPSA) is 12.0 Å². The van der Waals surface area contributed by atoms with E-state index in [1.54, 1.807) is 0 Å². The second kappa shape index (κ2) is 8.16. The van der Waals surface area contributed by atoms with Gasteiger partial charge in [0.1, 0.15) is 0 Å². The molecule has 1 atom stereocenters. The molecule has 1 aromatic carbocycles. The van der Waals surface area contributed by atoms with Crippen molar-refractivity contribution >= 4 is 0 Å². The Morgan fingerprint density at radius 1 is 1.11 bits per heavy atom. The maximum absolute atomic E-state index is 3.78. The quantitative estimate of drug-likeness (QED) is 0.511. The van der Waals surface area contributed by atoms with E-state index in [-0.39, 0.29) is 0 Å². The van der Waals surface area contributed by atoms with E-state index in [9.17, 15) is 0 Å². The molecule has 1 N–H and O–H groups in total. The van der Waals surface area contributed by atoms with Crippen LogP contribution in [0.15, 0.2) is 24.8 Å². The van der Waals surface area contributed by atoms with Crippen LogP contribution in [0, 0.1) is 20.8 Å². The highest BCUT2D eigenvalue weighted by molar-refractivity contribution is 5.39. The molecule has 0 bridgehead atoms. The third-order valence-electron chi connectivity index (χ3n) is 3.84. The standard InChI is InChI=1S/C18H29N/c1-6-7-8-9-10-11-17(19-5)18-15(3)12-14(2)13-16(18)4/h6,12-13,17,19H,1,7-11H2,2-5H3. The zero-order valence-corrected chi connectivity index (χ0v) is 13.1. The van der Waals surface area contributed by atoms with Crippen molar-refractivity contribution in [2.75, 3.05) is 7.05 Å². The lowest BCUT2D eigenvalue weighted by atomic mass is 9.91. The summed E-state index contributed by atoms with van der Waals surface area (Å²) < 4.78 is 0. The van der Waals surface area contributed by atoms with Crippen LogP contribution in [0.3, 0.4) is 0 Å². The van der Waals surface area contributed by atoms with E-state index in [0.29, 0.717) is 6.04 Å². The van der Waals surface area contributed by atoms with Crippen LogP contribution < -0.4 is 5.32 Å². The molecule has 0 amide bonds. The van der Waals surface area contributed by atoms with Crippen LogP contribution in [0.4, 0.5) is 0 Å². The number of hydrogen-bond acceptors (Lipinski definition) is 1. The SMILES string of the molecule is C=CCCCCCC(NC)c1c(C)cc(C)cc1C. The van der Waals surface area contributed by atoms with Crippen molar-refractivity contribution in [2.45, 2.75) is 58.9 Å². The first-order chi connectivity index (χ1) is 9.10. The lowest BCUT2D eigenvalue weighted by molar-refractivity contribution is 0.504. The molecule has 19 heavy (non-hydrogen) atoms. The molecule has 0 saturated heterocycles. The first-order valence-electron chi connectivity index (χ1n) is 7.46. The third kappa shape index (κ3) is 4.83. The fraction of sp³-hybridized carbons (Fsp3) is 0.556. The van der Waals surface area contributed by atoms with Gasteiger partial charge in [0.05, 0.1) is 0 Å². The lowest BCUT2D eigenvalue weighted by Gasteiger charge is -2.22. The molecule has 1 nitrogen and oxygen atoms in total. The van der Waals surface area contributed by atoms with Gasteiger partial charge < -0.3 is 5.32 Å². The Morgan fingerprint density at radius 3 is 2.26 bits per heavy atom. The summed E-state index contributed by atoms with van der Waals surface area (Å²) in [7, 11) is 2.08. The van der Waals surface area contributed by atoms with Crippen LogP contribution in [0.1, 0.15) is 60.4 Å². The van der Waals surface area contributed by atoms with Gasteiger partial charge in [-0.2, -0.15) is 0 Å². The van der Waals surface area contributed by atoms with Crippen molar-refractivity contribution in [3.8, 4) is 0 Å². The maximum atomic E-state index is 3.78. The molecule has 0 saturated carbocycles. The van der Waals surface area contributed by atoms with Gasteiger partial charge >= 0.3 is 0 Å². The second-order valence-corrected chi connectivity index (χ2v) is 5.58. The molecular formula is C18H29N. The third-order valence-corrected chi connectivity index (χ3v) is 3.84. The Morgan fingerprint density at radius 2 is 1.74 bits per heavy atom. The number of benzene rings is 1. The van der Waals surface area contributed by atoms with Gasteiger partial charge in [-0.15, -0.1) is 6.58 Å². The predicted octanol–water partition coefficient (Wildman–Crippen LogP) is 5.01. The van der Waals surface area contributed by atoms with Gasteiger partial charge in [0.2, 0.25) is 0 Å². The summed E-state index contributed by atoms with van der Waals surface area (Å²) in [6, 6.07) is 5.08. The van der Waals surface area contributed by atoms with Crippen molar-refractivity contribution < 1.29 is 0 Å². The fourth-order valence-electron chi connectivity index (χ4n) is 2.99. The van der Waals surface area contributed by atoms with Crippen molar-refractivity contribution in [3.63, 3.8) is 0 Å². The largest absolute Gasteiger partial charge is 0.313 e. The molecule has 106 valence electrons. The Labute approximate surface area is 119 Å². The maximum Gasteiger partial charge on any atom is 0.0322 e. The summed E-state index contributed by atoms with van der Waals surface area (Å²) in [5.41, 5.74) is 5.70. The Kier molecular flexibility index (Phi) is 6.86. The molecule has 0 spiro atoms. The van der Waals surface area contributed by atoms with E-state index in [4.69, 9.17) is 0 Å². The minimum Gasteiger partial charge on any atom is -0.313 e. The number of hydrogen-bond donors (Lipinski definition) is 1. The van der Waals surface area contributed by atoms with Crippen LogP contribution in [-0.4, -0.2) is 7.05 Å². The number of rotatable bonds is 8. The fourth-order valence-corrected chi connectivity index (χ4v) is 2.99. The van der Waals surface area contributed by atoms with Gasteiger partial charge in [-0.1, -0.05) is 36.6 Å². The molecule has 0 fully saturated rings. The molecule has 1 heteroatoms. The average Bonchev–Trinajstić information content (AvgIpc) is 2.35. The lowest BCUT2D eigenvalue weighted by Crippen LogP contribution is -2.18. The second-order valence-electron chi connectivity index (χ2n) is 5.58. The highest BCUT2D eigenvalue weighted by atomic mass is 14.9. The molecule has 0 aromatic heterocycles. The summed E-state index contributed by atoms with van der Waals surface area (Å²) in [5.74, 6) is 0. The zero-order valence-electron chi connectivity index (χ0n) is 13.1. The average molecular weight is 259 g/mol. The highest BCUT2D eigenvalue weighted by Gasteiger charge is 2.14. The Hall–Kier alpha value is -1.08. The van der Waals surface area contributed by atoms with Crippen molar-refractivity contribution in [2.24, 2.45) is 0 Å².